The molecule has 3 heteroatoms. The van der Waals surface area contributed by atoms with E-state index >= 15 is 0 Å². The van der Waals surface area contributed by atoms with Crippen molar-refractivity contribution in [3.63, 3.8) is 0 Å². The fraction of sp³-hybridized carbons (Fsp3) is 0.682. The second-order valence-electron chi connectivity index (χ2n) is 6.76. The molecule has 0 N–H and O–H groups in total. The van der Waals surface area contributed by atoms with E-state index in [1.165, 1.54) is 70.6 Å². The first-order valence-corrected chi connectivity index (χ1v) is 10.2. The molecule has 0 aliphatic heterocycles. The zero-order chi connectivity index (χ0) is 18.0. The maximum absolute atomic E-state index is 11.5. The summed E-state index contributed by atoms with van der Waals surface area (Å²) in [7, 11) is 0. The Bertz CT molecular complexity index is 417. The normalized spacial score (nSPS) is 10.6. The van der Waals surface area contributed by atoms with E-state index in [-0.39, 0.29) is 0 Å². The molecule has 0 amide bonds. The Morgan fingerprint density at radius 2 is 1.20 bits per heavy atom. The predicted molar refractivity (Wildman–Crippen MR) is 104 cm³/mol. The van der Waals surface area contributed by atoms with Crippen LogP contribution >= 0.6 is 0 Å². The van der Waals surface area contributed by atoms with Gasteiger partial charge in [0.1, 0.15) is 5.75 Å². The summed E-state index contributed by atoms with van der Waals surface area (Å²) in [4.78, 5) is 11.5. The van der Waals surface area contributed by atoms with Crippen LogP contribution < -0.4 is 4.74 Å². The van der Waals surface area contributed by atoms with Crippen LogP contribution in [0.2, 0.25) is 0 Å². The molecule has 0 saturated carbocycles. The maximum Gasteiger partial charge on any atom is 0.513 e. The molecule has 0 fully saturated rings. The van der Waals surface area contributed by atoms with E-state index < -0.39 is 6.16 Å². The van der Waals surface area contributed by atoms with E-state index in [2.05, 4.69) is 6.92 Å². The van der Waals surface area contributed by atoms with Gasteiger partial charge in [0.25, 0.3) is 0 Å². The molecule has 0 aromatic heterocycles. The Morgan fingerprint density at radius 3 is 1.72 bits per heavy atom. The molecular formula is C22H36O3. The molecule has 0 heterocycles. The number of carbonyl (C=O) groups is 1. The minimum absolute atomic E-state index is 0.448. The van der Waals surface area contributed by atoms with Crippen molar-refractivity contribution in [2.75, 3.05) is 6.61 Å². The van der Waals surface area contributed by atoms with Crippen molar-refractivity contribution in [1.29, 1.82) is 0 Å². The smallest absolute Gasteiger partial charge is 0.434 e. The zero-order valence-corrected chi connectivity index (χ0v) is 16.0. The fourth-order valence-corrected chi connectivity index (χ4v) is 2.89. The van der Waals surface area contributed by atoms with Gasteiger partial charge < -0.3 is 9.47 Å². The van der Waals surface area contributed by atoms with Crippen LogP contribution in [0.5, 0.6) is 5.75 Å². The number of para-hydroxylation sites is 1. The summed E-state index contributed by atoms with van der Waals surface area (Å²) < 4.78 is 10.2. The first-order valence-electron chi connectivity index (χ1n) is 10.2. The van der Waals surface area contributed by atoms with E-state index in [0.29, 0.717) is 12.4 Å². The highest BCUT2D eigenvalue weighted by molar-refractivity contribution is 5.63. The Balaban J connectivity index is 1.79. The predicted octanol–water partition coefficient (Wildman–Crippen LogP) is 7.29. The Kier molecular flexibility index (Phi) is 13.8. The van der Waals surface area contributed by atoms with Crippen molar-refractivity contribution < 1.29 is 14.3 Å². The van der Waals surface area contributed by atoms with Crippen LogP contribution in [0.15, 0.2) is 30.3 Å². The lowest BCUT2D eigenvalue weighted by Crippen LogP contribution is -2.11. The third-order valence-electron chi connectivity index (χ3n) is 4.41. The van der Waals surface area contributed by atoms with E-state index in [1.807, 2.05) is 18.2 Å². The van der Waals surface area contributed by atoms with Crippen molar-refractivity contribution in [3.05, 3.63) is 30.3 Å². The summed E-state index contributed by atoms with van der Waals surface area (Å²) in [5.74, 6) is 0.526. The number of hydrogen-bond acceptors (Lipinski definition) is 3. The largest absolute Gasteiger partial charge is 0.513 e. The molecule has 142 valence electrons. The molecule has 0 aliphatic carbocycles. The van der Waals surface area contributed by atoms with Crippen molar-refractivity contribution in [1.82, 2.24) is 0 Å². The van der Waals surface area contributed by atoms with Gasteiger partial charge in [0, 0.05) is 0 Å². The second-order valence-corrected chi connectivity index (χ2v) is 6.76. The number of unbranched alkanes of at least 4 members (excludes halogenated alkanes) is 12. The van der Waals surface area contributed by atoms with Crippen molar-refractivity contribution in [2.24, 2.45) is 0 Å². The van der Waals surface area contributed by atoms with Gasteiger partial charge in [-0.25, -0.2) is 4.79 Å². The van der Waals surface area contributed by atoms with E-state index in [9.17, 15) is 4.79 Å². The number of rotatable bonds is 15. The fourth-order valence-electron chi connectivity index (χ4n) is 2.89. The van der Waals surface area contributed by atoms with Gasteiger partial charge in [-0.3, -0.25) is 0 Å². The number of benzene rings is 1. The average molecular weight is 349 g/mol. The van der Waals surface area contributed by atoms with Crippen molar-refractivity contribution in [3.8, 4) is 5.75 Å². The van der Waals surface area contributed by atoms with Crippen LogP contribution in [-0.4, -0.2) is 12.8 Å². The van der Waals surface area contributed by atoms with E-state index in [0.717, 1.165) is 12.8 Å². The van der Waals surface area contributed by atoms with Crippen LogP contribution in [-0.2, 0) is 4.74 Å². The topological polar surface area (TPSA) is 35.5 Å². The molecule has 0 saturated heterocycles. The molecule has 1 aromatic rings. The third-order valence-corrected chi connectivity index (χ3v) is 4.41. The van der Waals surface area contributed by atoms with Crippen LogP contribution in [0.3, 0.4) is 0 Å². The minimum Gasteiger partial charge on any atom is -0.434 e. The van der Waals surface area contributed by atoms with Crippen LogP contribution in [0.4, 0.5) is 4.79 Å². The summed E-state index contributed by atoms with van der Waals surface area (Å²) in [6.07, 6.45) is 16.4. The molecule has 0 bridgehead atoms. The average Bonchev–Trinajstić information content (AvgIpc) is 2.63. The summed E-state index contributed by atoms with van der Waals surface area (Å²) in [5, 5.41) is 0. The molecule has 0 aliphatic rings. The first-order chi connectivity index (χ1) is 12.3. The third kappa shape index (κ3) is 13.5. The van der Waals surface area contributed by atoms with Gasteiger partial charge in [0.15, 0.2) is 0 Å². The summed E-state index contributed by atoms with van der Waals surface area (Å²) in [6.45, 7) is 2.71. The number of hydrogen-bond donors (Lipinski definition) is 0. The molecule has 0 radical (unpaired) electrons. The molecule has 1 aromatic carbocycles. The van der Waals surface area contributed by atoms with E-state index in [1.54, 1.807) is 12.1 Å². The van der Waals surface area contributed by atoms with Gasteiger partial charge in [-0.15, -0.1) is 0 Å². The van der Waals surface area contributed by atoms with Crippen LogP contribution in [0.25, 0.3) is 0 Å². The van der Waals surface area contributed by atoms with Gasteiger partial charge in [0.05, 0.1) is 6.61 Å². The standard InChI is InChI=1S/C22H36O3/c1-2-3-4-5-6-7-8-9-10-11-12-13-17-20-24-22(23)25-21-18-15-14-16-19-21/h14-16,18-19H,2-13,17,20H2,1H3. The lowest BCUT2D eigenvalue weighted by Gasteiger charge is -2.06. The molecule has 25 heavy (non-hydrogen) atoms. The second kappa shape index (κ2) is 16.0. The summed E-state index contributed by atoms with van der Waals surface area (Å²) in [6, 6.07) is 9.02. The Labute approximate surface area is 154 Å². The van der Waals surface area contributed by atoms with Crippen molar-refractivity contribution in [2.45, 2.75) is 90.4 Å². The summed E-state index contributed by atoms with van der Waals surface area (Å²) >= 11 is 0. The lowest BCUT2D eigenvalue weighted by atomic mass is 10.0. The quantitative estimate of drug-likeness (QED) is 0.189. The monoisotopic (exact) mass is 348 g/mol. The highest BCUT2D eigenvalue weighted by Gasteiger charge is 2.04. The zero-order valence-electron chi connectivity index (χ0n) is 16.0. The van der Waals surface area contributed by atoms with E-state index in [4.69, 9.17) is 9.47 Å². The van der Waals surface area contributed by atoms with Gasteiger partial charge in [-0.05, 0) is 18.6 Å². The number of carbonyl (C=O) groups excluding carboxylic acids is 1. The minimum atomic E-state index is -0.606. The molecule has 0 atom stereocenters. The highest BCUT2D eigenvalue weighted by Crippen LogP contribution is 2.13. The Hall–Kier alpha value is -1.51. The van der Waals surface area contributed by atoms with Gasteiger partial charge >= 0.3 is 6.16 Å². The van der Waals surface area contributed by atoms with Gasteiger partial charge in [-0.1, -0.05) is 102 Å². The van der Waals surface area contributed by atoms with Gasteiger partial charge in [0.2, 0.25) is 0 Å². The van der Waals surface area contributed by atoms with Crippen LogP contribution in [0.1, 0.15) is 90.4 Å². The number of ether oxygens (including phenoxy) is 2. The molecule has 0 spiro atoms. The first kappa shape index (κ1) is 21.5. The van der Waals surface area contributed by atoms with Crippen LogP contribution in [0, 0.1) is 0 Å². The molecule has 3 nitrogen and oxygen atoms in total. The highest BCUT2D eigenvalue weighted by atomic mass is 16.7. The Morgan fingerprint density at radius 1 is 0.720 bits per heavy atom. The molecular weight excluding hydrogens is 312 g/mol. The SMILES string of the molecule is CCCCCCCCCCCCCCCOC(=O)Oc1ccccc1. The maximum atomic E-state index is 11.5. The van der Waals surface area contributed by atoms with Gasteiger partial charge in [-0.2, -0.15) is 0 Å². The lowest BCUT2D eigenvalue weighted by molar-refractivity contribution is 0.0973. The molecule has 0 unspecified atom stereocenters. The molecule has 1 rings (SSSR count). The van der Waals surface area contributed by atoms with Crippen molar-refractivity contribution >= 4 is 6.16 Å². The summed E-state index contributed by atoms with van der Waals surface area (Å²) in [5.41, 5.74) is 0.